The monoisotopic (exact) mass is 454 g/mol. The summed E-state index contributed by atoms with van der Waals surface area (Å²) in [5, 5.41) is 0.452. The van der Waals surface area contributed by atoms with E-state index in [-0.39, 0.29) is 11.4 Å². The van der Waals surface area contributed by atoms with Gasteiger partial charge >= 0.3 is 0 Å². The predicted octanol–water partition coefficient (Wildman–Crippen LogP) is 7.07. The fourth-order valence-electron chi connectivity index (χ4n) is 3.46. The lowest BCUT2D eigenvalue weighted by Gasteiger charge is -2.20. The SMILES string of the molecule is O=C(c1ccc(Oc2ccccc2)cc1)N(Cc1ccccc1)c1nc2c(F)cccc2s1. The van der Waals surface area contributed by atoms with Crippen molar-refractivity contribution < 1.29 is 13.9 Å². The van der Waals surface area contributed by atoms with E-state index in [1.165, 1.54) is 17.4 Å². The maximum atomic E-state index is 14.3. The second-order valence-electron chi connectivity index (χ2n) is 7.40. The molecule has 162 valence electrons. The lowest BCUT2D eigenvalue weighted by Crippen LogP contribution is -2.30. The Hall–Kier alpha value is -4.03. The first-order chi connectivity index (χ1) is 16.2. The van der Waals surface area contributed by atoms with Gasteiger partial charge in [-0.15, -0.1) is 0 Å². The van der Waals surface area contributed by atoms with Crippen LogP contribution < -0.4 is 9.64 Å². The van der Waals surface area contributed by atoms with Gasteiger partial charge in [-0.1, -0.05) is 65.9 Å². The summed E-state index contributed by atoms with van der Waals surface area (Å²) in [5.41, 5.74) is 1.72. The molecule has 0 unspecified atom stereocenters. The smallest absolute Gasteiger partial charge is 0.260 e. The van der Waals surface area contributed by atoms with Crippen molar-refractivity contribution in [2.75, 3.05) is 4.90 Å². The highest BCUT2D eigenvalue weighted by Gasteiger charge is 2.22. The Bertz CT molecular complexity index is 1390. The number of carbonyl (C=O) groups excluding carboxylic acids is 1. The molecule has 1 amide bonds. The third-order valence-electron chi connectivity index (χ3n) is 5.10. The number of aromatic nitrogens is 1. The highest BCUT2D eigenvalue weighted by molar-refractivity contribution is 7.22. The largest absolute Gasteiger partial charge is 0.457 e. The molecule has 33 heavy (non-hydrogen) atoms. The normalized spacial score (nSPS) is 10.8. The number of para-hydroxylation sites is 2. The van der Waals surface area contributed by atoms with Crippen molar-refractivity contribution in [1.82, 2.24) is 4.98 Å². The topological polar surface area (TPSA) is 42.4 Å². The minimum atomic E-state index is -0.399. The molecule has 4 nitrogen and oxygen atoms in total. The molecule has 6 heteroatoms. The average molecular weight is 455 g/mol. The number of nitrogens with zero attached hydrogens (tertiary/aromatic N) is 2. The molecule has 4 aromatic carbocycles. The number of hydrogen-bond acceptors (Lipinski definition) is 4. The number of thiazole rings is 1. The molecule has 0 aliphatic rings. The number of carbonyl (C=O) groups is 1. The van der Waals surface area contributed by atoms with Gasteiger partial charge < -0.3 is 4.74 Å². The fourth-order valence-corrected chi connectivity index (χ4v) is 4.43. The van der Waals surface area contributed by atoms with Gasteiger partial charge in [-0.2, -0.15) is 0 Å². The number of benzene rings is 4. The zero-order valence-electron chi connectivity index (χ0n) is 17.5. The van der Waals surface area contributed by atoms with E-state index < -0.39 is 5.82 Å². The van der Waals surface area contributed by atoms with Gasteiger partial charge in [0.2, 0.25) is 0 Å². The number of rotatable bonds is 6. The van der Waals surface area contributed by atoms with E-state index in [9.17, 15) is 9.18 Å². The zero-order chi connectivity index (χ0) is 22.6. The van der Waals surface area contributed by atoms with Crippen LogP contribution in [0.15, 0.2) is 103 Å². The number of amides is 1. The molecule has 0 bridgehead atoms. The number of halogens is 1. The molecule has 0 saturated carbocycles. The highest BCUT2D eigenvalue weighted by Crippen LogP contribution is 2.32. The third-order valence-corrected chi connectivity index (χ3v) is 6.14. The van der Waals surface area contributed by atoms with Crippen LogP contribution in [-0.4, -0.2) is 10.9 Å². The van der Waals surface area contributed by atoms with Gasteiger partial charge in [0, 0.05) is 5.56 Å². The van der Waals surface area contributed by atoms with E-state index >= 15 is 0 Å². The number of hydrogen-bond donors (Lipinski definition) is 0. The summed E-state index contributed by atoms with van der Waals surface area (Å²) < 4.78 is 20.8. The Morgan fingerprint density at radius 1 is 0.818 bits per heavy atom. The van der Waals surface area contributed by atoms with Crippen molar-refractivity contribution in [2.45, 2.75) is 6.54 Å². The van der Waals surface area contributed by atoms with Crippen LogP contribution >= 0.6 is 11.3 Å². The van der Waals surface area contributed by atoms with Gasteiger partial charge in [0.25, 0.3) is 5.91 Å². The molecule has 0 N–H and O–H groups in total. The van der Waals surface area contributed by atoms with Gasteiger partial charge in [-0.3, -0.25) is 9.69 Å². The van der Waals surface area contributed by atoms with Crippen molar-refractivity contribution in [3.05, 3.63) is 120 Å². The first-order valence-corrected chi connectivity index (χ1v) is 11.2. The van der Waals surface area contributed by atoms with Crippen LogP contribution in [0, 0.1) is 5.82 Å². The first-order valence-electron chi connectivity index (χ1n) is 10.4. The number of ether oxygens (including phenoxy) is 1. The molecule has 0 saturated heterocycles. The molecular weight excluding hydrogens is 435 g/mol. The lowest BCUT2D eigenvalue weighted by atomic mass is 10.1. The Labute approximate surface area is 194 Å². The number of anilines is 1. The van der Waals surface area contributed by atoms with Crippen LogP contribution in [0.2, 0.25) is 0 Å². The first kappa shape index (κ1) is 20.8. The minimum Gasteiger partial charge on any atom is -0.457 e. The van der Waals surface area contributed by atoms with Crippen LogP contribution in [-0.2, 0) is 6.54 Å². The van der Waals surface area contributed by atoms with Gasteiger partial charge in [0.15, 0.2) is 5.13 Å². The van der Waals surface area contributed by atoms with Crippen molar-refractivity contribution in [3.8, 4) is 11.5 Å². The van der Waals surface area contributed by atoms with Crippen molar-refractivity contribution in [3.63, 3.8) is 0 Å². The van der Waals surface area contributed by atoms with E-state index in [0.29, 0.717) is 27.7 Å². The second-order valence-corrected chi connectivity index (χ2v) is 8.41. The molecule has 0 radical (unpaired) electrons. The van der Waals surface area contributed by atoms with E-state index in [0.717, 1.165) is 11.3 Å². The van der Waals surface area contributed by atoms with E-state index in [4.69, 9.17) is 4.74 Å². The summed E-state index contributed by atoms with van der Waals surface area (Å²) in [4.78, 5) is 19.6. The maximum absolute atomic E-state index is 14.3. The summed E-state index contributed by atoms with van der Waals surface area (Å²) in [6.07, 6.45) is 0. The maximum Gasteiger partial charge on any atom is 0.260 e. The molecule has 5 rings (SSSR count). The lowest BCUT2D eigenvalue weighted by molar-refractivity contribution is 0.0985. The van der Waals surface area contributed by atoms with Crippen LogP contribution in [0.25, 0.3) is 10.2 Å². The molecule has 0 aliphatic heterocycles. The Kier molecular flexibility index (Phi) is 5.83. The molecular formula is C27H19FN2O2S. The van der Waals surface area contributed by atoms with Crippen LogP contribution in [0.5, 0.6) is 11.5 Å². The summed E-state index contributed by atoms with van der Waals surface area (Å²) in [6, 6.07) is 30.9. The zero-order valence-corrected chi connectivity index (χ0v) is 18.3. The fraction of sp³-hybridized carbons (Fsp3) is 0.0370. The summed E-state index contributed by atoms with van der Waals surface area (Å²) in [5.74, 6) is 0.738. The predicted molar refractivity (Wildman–Crippen MR) is 129 cm³/mol. The summed E-state index contributed by atoms with van der Waals surface area (Å²) >= 11 is 1.30. The molecule has 0 spiro atoms. The molecule has 0 aliphatic carbocycles. The quantitative estimate of drug-likeness (QED) is 0.275. The molecule has 1 aromatic heterocycles. The van der Waals surface area contributed by atoms with Gasteiger partial charge in [0.1, 0.15) is 22.8 Å². The Balaban J connectivity index is 1.46. The van der Waals surface area contributed by atoms with Crippen LogP contribution in [0.1, 0.15) is 15.9 Å². The van der Waals surface area contributed by atoms with Crippen LogP contribution in [0.4, 0.5) is 9.52 Å². The molecule has 5 aromatic rings. The van der Waals surface area contributed by atoms with Gasteiger partial charge in [0.05, 0.1) is 11.2 Å². The van der Waals surface area contributed by atoms with Crippen molar-refractivity contribution in [1.29, 1.82) is 0 Å². The Morgan fingerprint density at radius 3 is 2.18 bits per heavy atom. The van der Waals surface area contributed by atoms with Crippen LogP contribution in [0.3, 0.4) is 0 Å². The average Bonchev–Trinajstić information content (AvgIpc) is 3.29. The molecule has 0 atom stereocenters. The minimum absolute atomic E-state index is 0.218. The summed E-state index contributed by atoms with van der Waals surface area (Å²) in [7, 11) is 0. The van der Waals surface area contributed by atoms with E-state index in [1.54, 1.807) is 41.3 Å². The highest BCUT2D eigenvalue weighted by atomic mass is 32.1. The molecule has 1 heterocycles. The summed E-state index contributed by atoms with van der Waals surface area (Å²) in [6.45, 7) is 0.323. The number of fused-ring (bicyclic) bond motifs is 1. The third kappa shape index (κ3) is 4.61. The standard InChI is InChI=1S/C27H19FN2O2S/c28-23-12-7-13-24-25(23)29-27(33-24)30(18-19-8-3-1-4-9-19)26(31)20-14-16-22(17-15-20)32-21-10-5-2-6-11-21/h1-17H,18H2. The molecule has 0 fully saturated rings. The van der Waals surface area contributed by atoms with Gasteiger partial charge in [-0.05, 0) is 54.1 Å². The van der Waals surface area contributed by atoms with Crippen molar-refractivity contribution >= 4 is 32.6 Å². The Morgan fingerprint density at radius 2 is 1.48 bits per heavy atom. The van der Waals surface area contributed by atoms with Crippen molar-refractivity contribution in [2.24, 2.45) is 0 Å². The van der Waals surface area contributed by atoms with E-state index in [2.05, 4.69) is 4.98 Å². The van der Waals surface area contributed by atoms with E-state index in [1.807, 2.05) is 60.7 Å². The van der Waals surface area contributed by atoms with Gasteiger partial charge in [-0.25, -0.2) is 9.37 Å². The second kappa shape index (κ2) is 9.22.